The van der Waals surface area contributed by atoms with E-state index in [4.69, 9.17) is 10.5 Å². The van der Waals surface area contributed by atoms with Crippen LogP contribution in [-0.2, 0) is 14.4 Å². The van der Waals surface area contributed by atoms with Gasteiger partial charge in [0.15, 0.2) is 0 Å². The average Bonchev–Trinajstić information content (AvgIpc) is 2.70. The van der Waals surface area contributed by atoms with E-state index in [-0.39, 0.29) is 24.7 Å². The number of nitrogens with zero attached hydrogens (tertiary/aromatic N) is 2. The Hall–Kier alpha value is -3.42. The van der Waals surface area contributed by atoms with Gasteiger partial charge in [-0.15, -0.1) is 0 Å². The zero-order chi connectivity index (χ0) is 23.0. The minimum atomic E-state index is -0.892. The maximum Gasteiger partial charge on any atom is 0.241 e. The van der Waals surface area contributed by atoms with Crippen molar-refractivity contribution in [3.8, 4) is 5.75 Å². The summed E-state index contributed by atoms with van der Waals surface area (Å²) in [5.74, 6) is -0.274. The van der Waals surface area contributed by atoms with Crippen LogP contribution >= 0.6 is 0 Å². The average molecular weight is 427 g/mol. The smallest absolute Gasteiger partial charge is 0.241 e. The van der Waals surface area contributed by atoms with E-state index in [1.807, 2.05) is 27.7 Å². The number of carbonyl (C=O) groups is 3. The first-order chi connectivity index (χ1) is 14.6. The van der Waals surface area contributed by atoms with Crippen molar-refractivity contribution in [2.75, 3.05) is 16.8 Å². The van der Waals surface area contributed by atoms with Gasteiger partial charge in [-0.25, -0.2) is 4.98 Å². The molecule has 0 saturated carbocycles. The molecule has 2 aromatic rings. The second-order valence-corrected chi connectivity index (χ2v) is 8.12. The Morgan fingerprint density at radius 3 is 2.29 bits per heavy atom. The second-order valence-electron chi connectivity index (χ2n) is 8.12. The highest BCUT2D eigenvalue weighted by molar-refractivity contribution is 6.02. The largest absolute Gasteiger partial charge is 0.494 e. The van der Waals surface area contributed by atoms with Crippen LogP contribution in [0.3, 0.4) is 0 Å². The number of hydrogen-bond donors (Lipinski definition) is 2. The summed E-state index contributed by atoms with van der Waals surface area (Å²) >= 11 is 0. The van der Waals surface area contributed by atoms with Crippen molar-refractivity contribution in [2.45, 2.75) is 46.6 Å². The van der Waals surface area contributed by atoms with E-state index < -0.39 is 17.4 Å². The zero-order valence-corrected chi connectivity index (χ0v) is 18.4. The Bertz CT molecular complexity index is 892. The maximum absolute atomic E-state index is 13.2. The molecule has 0 spiro atoms. The molecule has 3 amide bonds. The van der Waals surface area contributed by atoms with Gasteiger partial charge in [-0.1, -0.05) is 26.8 Å². The van der Waals surface area contributed by atoms with Crippen molar-refractivity contribution in [3.63, 3.8) is 0 Å². The number of nitrogens with one attached hydrogen (secondary N) is 1. The van der Waals surface area contributed by atoms with E-state index in [1.165, 1.54) is 4.90 Å². The molecule has 1 heterocycles. The van der Waals surface area contributed by atoms with Crippen LogP contribution < -0.4 is 20.7 Å². The number of carbonyl (C=O) groups excluding carboxylic acids is 3. The number of ether oxygens (including phenoxy) is 1. The van der Waals surface area contributed by atoms with E-state index in [2.05, 4.69) is 10.3 Å². The lowest BCUT2D eigenvalue weighted by Crippen LogP contribution is -2.55. The lowest BCUT2D eigenvalue weighted by Gasteiger charge is -2.38. The van der Waals surface area contributed by atoms with Crippen LogP contribution in [0.15, 0.2) is 48.7 Å². The van der Waals surface area contributed by atoms with Crippen LogP contribution in [0.5, 0.6) is 5.75 Å². The highest BCUT2D eigenvalue weighted by Crippen LogP contribution is 2.31. The van der Waals surface area contributed by atoms with Gasteiger partial charge in [0.2, 0.25) is 17.7 Å². The van der Waals surface area contributed by atoms with Gasteiger partial charge in [-0.05, 0) is 48.7 Å². The third kappa shape index (κ3) is 6.80. The van der Waals surface area contributed by atoms with Crippen molar-refractivity contribution >= 4 is 29.2 Å². The number of primary amides is 1. The third-order valence-corrected chi connectivity index (χ3v) is 4.54. The highest BCUT2D eigenvalue weighted by Gasteiger charge is 2.38. The first kappa shape index (κ1) is 23.9. The lowest BCUT2D eigenvalue weighted by molar-refractivity contribution is -0.127. The summed E-state index contributed by atoms with van der Waals surface area (Å²) in [7, 11) is 0. The first-order valence-electron chi connectivity index (χ1n) is 10.2. The van der Waals surface area contributed by atoms with Gasteiger partial charge in [0.05, 0.1) is 6.61 Å². The molecule has 31 heavy (non-hydrogen) atoms. The Morgan fingerprint density at radius 1 is 1.10 bits per heavy atom. The van der Waals surface area contributed by atoms with Gasteiger partial charge >= 0.3 is 0 Å². The van der Waals surface area contributed by atoms with Crippen molar-refractivity contribution in [3.05, 3.63) is 48.7 Å². The molecule has 0 saturated heterocycles. The van der Waals surface area contributed by atoms with Gasteiger partial charge in [-0.2, -0.15) is 0 Å². The number of rotatable bonds is 9. The SMILES string of the molecule is CCOc1ccc(N(C(=O)CCC(=O)Nc2ccccn2)C(C(N)=O)C(C)(C)C)cc1. The Balaban J connectivity index is 2.23. The lowest BCUT2D eigenvalue weighted by atomic mass is 9.84. The zero-order valence-electron chi connectivity index (χ0n) is 18.4. The summed E-state index contributed by atoms with van der Waals surface area (Å²) in [5, 5.41) is 2.65. The molecule has 1 atom stereocenters. The summed E-state index contributed by atoms with van der Waals surface area (Å²) < 4.78 is 5.46. The van der Waals surface area contributed by atoms with Gasteiger partial charge in [0.25, 0.3) is 0 Å². The molecular weight excluding hydrogens is 396 g/mol. The van der Waals surface area contributed by atoms with Crippen molar-refractivity contribution in [1.82, 2.24) is 4.98 Å². The molecule has 0 aliphatic heterocycles. The molecule has 1 aromatic carbocycles. The number of amides is 3. The molecule has 1 unspecified atom stereocenters. The van der Waals surface area contributed by atoms with Crippen LogP contribution in [0.4, 0.5) is 11.5 Å². The fourth-order valence-corrected chi connectivity index (χ4v) is 3.23. The van der Waals surface area contributed by atoms with E-state index in [0.717, 1.165) is 0 Å². The predicted octanol–water partition coefficient (Wildman–Crippen LogP) is 3.13. The topological polar surface area (TPSA) is 115 Å². The number of pyridine rings is 1. The first-order valence-corrected chi connectivity index (χ1v) is 10.2. The van der Waals surface area contributed by atoms with E-state index in [9.17, 15) is 14.4 Å². The van der Waals surface area contributed by atoms with Crippen molar-refractivity contribution in [2.24, 2.45) is 11.1 Å². The van der Waals surface area contributed by atoms with E-state index in [1.54, 1.807) is 48.7 Å². The van der Waals surface area contributed by atoms with Crippen LogP contribution in [0.1, 0.15) is 40.5 Å². The molecule has 0 bridgehead atoms. The number of benzene rings is 1. The van der Waals surface area contributed by atoms with E-state index >= 15 is 0 Å². The monoisotopic (exact) mass is 426 g/mol. The molecule has 8 heteroatoms. The van der Waals surface area contributed by atoms with Gasteiger partial charge < -0.3 is 15.8 Å². The molecule has 8 nitrogen and oxygen atoms in total. The minimum absolute atomic E-state index is 0.0570. The Morgan fingerprint density at radius 2 is 1.77 bits per heavy atom. The standard InChI is InChI=1S/C23H30N4O4/c1-5-31-17-11-9-16(10-12-17)27(21(22(24)30)23(2,3)4)20(29)14-13-19(28)26-18-8-6-7-15-25-18/h6-12,15,21H,5,13-14H2,1-4H3,(H2,24,30)(H,25,26,28). The highest BCUT2D eigenvalue weighted by atomic mass is 16.5. The summed E-state index contributed by atoms with van der Waals surface area (Å²) in [6, 6.07) is 11.1. The van der Waals surface area contributed by atoms with Crippen molar-refractivity contribution < 1.29 is 19.1 Å². The predicted molar refractivity (Wildman–Crippen MR) is 120 cm³/mol. The summed E-state index contributed by atoms with van der Waals surface area (Å²) in [5.41, 5.74) is 5.59. The van der Waals surface area contributed by atoms with E-state index in [0.29, 0.717) is 23.9 Å². The molecular formula is C23H30N4O4. The Kier molecular flexibility index (Phi) is 8.13. The Labute approximate surface area is 182 Å². The molecule has 166 valence electrons. The van der Waals surface area contributed by atoms with Gasteiger partial charge in [0.1, 0.15) is 17.6 Å². The third-order valence-electron chi connectivity index (χ3n) is 4.54. The van der Waals surface area contributed by atoms with Crippen LogP contribution in [0.2, 0.25) is 0 Å². The van der Waals surface area contributed by atoms with Crippen molar-refractivity contribution in [1.29, 1.82) is 0 Å². The number of anilines is 2. The van der Waals surface area contributed by atoms with Crippen LogP contribution in [-0.4, -0.2) is 35.4 Å². The second kappa shape index (κ2) is 10.6. The van der Waals surface area contributed by atoms with Gasteiger partial charge in [0, 0.05) is 24.7 Å². The fraction of sp³-hybridized carbons (Fsp3) is 0.391. The number of aromatic nitrogens is 1. The normalized spacial score (nSPS) is 12.0. The quantitative estimate of drug-likeness (QED) is 0.639. The van der Waals surface area contributed by atoms with Crippen LogP contribution in [0, 0.1) is 5.41 Å². The molecule has 3 N–H and O–H groups in total. The fourth-order valence-electron chi connectivity index (χ4n) is 3.23. The van der Waals surface area contributed by atoms with Crippen LogP contribution in [0.25, 0.3) is 0 Å². The number of hydrogen-bond acceptors (Lipinski definition) is 5. The number of nitrogens with two attached hydrogens (primary N) is 1. The maximum atomic E-state index is 13.2. The van der Waals surface area contributed by atoms with Gasteiger partial charge in [-0.3, -0.25) is 19.3 Å². The molecule has 0 fully saturated rings. The molecule has 1 aromatic heterocycles. The minimum Gasteiger partial charge on any atom is -0.494 e. The molecule has 0 radical (unpaired) electrons. The molecule has 2 rings (SSSR count). The summed E-state index contributed by atoms with van der Waals surface area (Å²) in [6.45, 7) is 7.91. The molecule has 0 aliphatic carbocycles. The summed E-state index contributed by atoms with van der Waals surface area (Å²) in [6.07, 6.45) is 1.42. The summed E-state index contributed by atoms with van der Waals surface area (Å²) in [4.78, 5) is 43.2. The molecule has 0 aliphatic rings.